The number of ether oxygens (including phenoxy) is 1. The van der Waals surface area contributed by atoms with Gasteiger partial charge in [-0.2, -0.15) is 0 Å². The molecule has 2 aromatic carbocycles. The number of benzene rings is 2. The predicted molar refractivity (Wildman–Crippen MR) is 114 cm³/mol. The van der Waals surface area contributed by atoms with Crippen molar-refractivity contribution in [1.82, 2.24) is 10.2 Å². The van der Waals surface area contributed by atoms with Crippen molar-refractivity contribution >= 4 is 11.8 Å². The lowest BCUT2D eigenvalue weighted by Gasteiger charge is -2.16. The maximum atomic E-state index is 12.4. The van der Waals surface area contributed by atoms with Crippen LogP contribution in [0.2, 0.25) is 0 Å². The second-order valence-electron chi connectivity index (χ2n) is 7.61. The molecule has 1 aliphatic rings. The molecule has 0 saturated carbocycles. The smallest absolute Gasteiger partial charge is 0.258 e. The van der Waals surface area contributed by atoms with Crippen LogP contribution >= 0.6 is 0 Å². The molecule has 0 bridgehead atoms. The van der Waals surface area contributed by atoms with Crippen molar-refractivity contribution in [3.8, 4) is 5.75 Å². The van der Waals surface area contributed by atoms with Crippen LogP contribution in [-0.4, -0.2) is 36.4 Å². The normalized spacial score (nSPS) is 14.5. The minimum atomic E-state index is -0.166. The zero-order chi connectivity index (χ0) is 20.6. The summed E-state index contributed by atoms with van der Waals surface area (Å²) in [6.07, 6.45) is 3.18. The van der Waals surface area contributed by atoms with E-state index in [1.54, 1.807) is 0 Å². The van der Waals surface area contributed by atoms with E-state index in [9.17, 15) is 9.59 Å². The van der Waals surface area contributed by atoms with Crippen LogP contribution in [0.3, 0.4) is 0 Å². The standard InChI is InChI=1S/C24H30N2O3/c1-3-18(2)21-8-4-5-9-22(21)29-17-23(27)25-16-19-10-12-20(13-11-19)24(28)26-14-6-7-15-26/h4-5,8-13,18H,3,6-7,14-17H2,1-2H3,(H,25,27). The third-order valence-electron chi connectivity index (χ3n) is 5.50. The fourth-order valence-electron chi connectivity index (χ4n) is 3.50. The molecular weight excluding hydrogens is 364 g/mol. The third-order valence-corrected chi connectivity index (χ3v) is 5.50. The Morgan fingerprint density at radius 1 is 1.07 bits per heavy atom. The van der Waals surface area contributed by atoms with Gasteiger partial charge in [0, 0.05) is 25.2 Å². The van der Waals surface area contributed by atoms with Crippen LogP contribution in [0.1, 0.15) is 60.5 Å². The fraction of sp³-hybridized carbons (Fsp3) is 0.417. The Balaban J connectivity index is 1.48. The van der Waals surface area contributed by atoms with Crippen LogP contribution in [0.4, 0.5) is 0 Å². The maximum absolute atomic E-state index is 12.4. The van der Waals surface area contributed by atoms with Crippen LogP contribution in [-0.2, 0) is 11.3 Å². The van der Waals surface area contributed by atoms with Gasteiger partial charge in [-0.3, -0.25) is 9.59 Å². The molecule has 1 unspecified atom stereocenters. The summed E-state index contributed by atoms with van der Waals surface area (Å²) in [4.78, 5) is 26.5. The predicted octanol–water partition coefficient (Wildman–Crippen LogP) is 4.13. The van der Waals surface area contributed by atoms with Gasteiger partial charge in [0.05, 0.1) is 0 Å². The highest BCUT2D eigenvalue weighted by Crippen LogP contribution is 2.28. The molecule has 1 aliphatic heterocycles. The van der Waals surface area contributed by atoms with E-state index in [4.69, 9.17) is 4.74 Å². The summed E-state index contributed by atoms with van der Waals surface area (Å²) < 4.78 is 5.76. The van der Waals surface area contributed by atoms with E-state index in [1.165, 1.54) is 0 Å². The summed E-state index contributed by atoms with van der Waals surface area (Å²) in [6.45, 7) is 6.37. The number of carbonyl (C=O) groups excluding carboxylic acids is 2. The van der Waals surface area contributed by atoms with E-state index < -0.39 is 0 Å². The quantitative estimate of drug-likeness (QED) is 0.732. The van der Waals surface area contributed by atoms with E-state index in [0.717, 1.165) is 49.2 Å². The summed E-state index contributed by atoms with van der Waals surface area (Å²) in [5.74, 6) is 1.07. The highest BCUT2D eigenvalue weighted by Gasteiger charge is 2.19. The molecule has 154 valence electrons. The van der Waals surface area contributed by atoms with Crippen LogP contribution in [0.5, 0.6) is 5.75 Å². The summed E-state index contributed by atoms with van der Waals surface area (Å²) in [5, 5.41) is 2.88. The fourth-order valence-corrected chi connectivity index (χ4v) is 3.50. The minimum Gasteiger partial charge on any atom is -0.483 e. The summed E-state index contributed by atoms with van der Waals surface area (Å²) >= 11 is 0. The molecule has 2 aromatic rings. The van der Waals surface area contributed by atoms with Gasteiger partial charge in [-0.05, 0) is 54.5 Å². The van der Waals surface area contributed by atoms with Crippen molar-refractivity contribution < 1.29 is 14.3 Å². The Hall–Kier alpha value is -2.82. The van der Waals surface area contributed by atoms with Gasteiger partial charge in [0.2, 0.25) is 0 Å². The Bertz CT molecular complexity index is 826. The number of likely N-dealkylation sites (tertiary alicyclic amines) is 1. The molecule has 1 heterocycles. The van der Waals surface area contributed by atoms with Crippen molar-refractivity contribution in [2.24, 2.45) is 0 Å². The molecule has 5 heteroatoms. The third kappa shape index (κ3) is 5.59. The van der Waals surface area contributed by atoms with Gasteiger partial charge in [-0.25, -0.2) is 0 Å². The minimum absolute atomic E-state index is 0.0149. The zero-order valence-corrected chi connectivity index (χ0v) is 17.3. The van der Waals surface area contributed by atoms with Gasteiger partial charge < -0.3 is 15.0 Å². The van der Waals surface area contributed by atoms with E-state index in [0.29, 0.717) is 18.0 Å². The number of nitrogens with zero attached hydrogens (tertiary/aromatic N) is 1. The number of hydrogen-bond donors (Lipinski definition) is 1. The molecule has 0 aromatic heterocycles. The molecule has 29 heavy (non-hydrogen) atoms. The largest absolute Gasteiger partial charge is 0.483 e. The first-order valence-electron chi connectivity index (χ1n) is 10.4. The lowest BCUT2D eigenvalue weighted by Crippen LogP contribution is -2.29. The van der Waals surface area contributed by atoms with Crippen LogP contribution < -0.4 is 10.1 Å². The average molecular weight is 395 g/mol. The summed E-state index contributed by atoms with van der Waals surface area (Å²) in [5.41, 5.74) is 2.78. The molecule has 3 rings (SSSR count). The number of rotatable bonds is 8. The zero-order valence-electron chi connectivity index (χ0n) is 17.3. The van der Waals surface area contributed by atoms with E-state index in [1.807, 2.05) is 53.4 Å². The highest BCUT2D eigenvalue weighted by atomic mass is 16.5. The molecule has 1 saturated heterocycles. The first-order valence-corrected chi connectivity index (χ1v) is 10.4. The monoisotopic (exact) mass is 394 g/mol. The highest BCUT2D eigenvalue weighted by molar-refractivity contribution is 5.94. The summed E-state index contributed by atoms with van der Waals surface area (Å²) in [6, 6.07) is 15.3. The Kier molecular flexibility index (Phi) is 7.28. The molecule has 0 spiro atoms. The van der Waals surface area contributed by atoms with Crippen molar-refractivity contribution in [2.75, 3.05) is 19.7 Å². The second kappa shape index (κ2) is 10.1. The first-order chi connectivity index (χ1) is 14.1. The number of nitrogens with one attached hydrogen (secondary N) is 1. The van der Waals surface area contributed by atoms with Crippen LogP contribution in [0.25, 0.3) is 0 Å². The molecule has 0 radical (unpaired) electrons. The molecule has 1 N–H and O–H groups in total. The molecule has 2 amide bonds. The summed E-state index contributed by atoms with van der Waals surface area (Å²) in [7, 11) is 0. The van der Waals surface area contributed by atoms with Gasteiger partial charge in [0.15, 0.2) is 6.61 Å². The Labute approximate surface area is 173 Å². The number of carbonyl (C=O) groups is 2. The van der Waals surface area contributed by atoms with Gasteiger partial charge in [0.1, 0.15) is 5.75 Å². The van der Waals surface area contributed by atoms with Crippen molar-refractivity contribution in [3.05, 3.63) is 65.2 Å². The number of para-hydroxylation sites is 1. The number of hydrogen-bond acceptors (Lipinski definition) is 3. The van der Waals surface area contributed by atoms with Crippen molar-refractivity contribution in [2.45, 2.75) is 45.6 Å². The Morgan fingerprint density at radius 3 is 2.45 bits per heavy atom. The molecule has 5 nitrogen and oxygen atoms in total. The Morgan fingerprint density at radius 2 is 1.76 bits per heavy atom. The maximum Gasteiger partial charge on any atom is 0.258 e. The first kappa shape index (κ1) is 20.9. The molecule has 1 fully saturated rings. The van der Waals surface area contributed by atoms with E-state index >= 15 is 0 Å². The van der Waals surface area contributed by atoms with E-state index in [2.05, 4.69) is 19.2 Å². The van der Waals surface area contributed by atoms with Gasteiger partial charge >= 0.3 is 0 Å². The molecule has 1 atom stereocenters. The van der Waals surface area contributed by atoms with Crippen molar-refractivity contribution in [3.63, 3.8) is 0 Å². The SMILES string of the molecule is CCC(C)c1ccccc1OCC(=O)NCc1ccc(C(=O)N2CCCC2)cc1. The van der Waals surface area contributed by atoms with Crippen molar-refractivity contribution in [1.29, 1.82) is 0 Å². The topological polar surface area (TPSA) is 58.6 Å². The second-order valence-corrected chi connectivity index (χ2v) is 7.61. The van der Waals surface area contributed by atoms with Gasteiger partial charge in [-0.1, -0.05) is 44.2 Å². The lowest BCUT2D eigenvalue weighted by atomic mass is 9.98. The van der Waals surface area contributed by atoms with Crippen LogP contribution in [0.15, 0.2) is 48.5 Å². The van der Waals surface area contributed by atoms with Gasteiger partial charge in [0.25, 0.3) is 11.8 Å². The average Bonchev–Trinajstić information content (AvgIpc) is 3.30. The molecular formula is C24H30N2O3. The van der Waals surface area contributed by atoms with Gasteiger partial charge in [-0.15, -0.1) is 0 Å². The molecule has 0 aliphatic carbocycles. The lowest BCUT2D eigenvalue weighted by molar-refractivity contribution is -0.123. The number of amides is 2. The van der Waals surface area contributed by atoms with Crippen LogP contribution in [0, 0.1) is 0 Å². The van der Waals surface area contributed by atoms with E-state index in [-0.39, 0.29) is 18.4 Å².